The van der Waals surface area contributed by atoms with Crippen LogP contribution in [0.4, 0.5) is 5.95 Å². The molecular formula is C7H8N4O2S. The molecule has 0 amide bonds. The van der Waals surface area contributed by atoms with Gasteiger partial charge < -0.3 is 9.97 Å². The zero-order valence-electron chi connectivity index (χ0n) is 7.06. The summed E-state index contributed by atoms with van der Waals surface area (Å²) in [6.07, 6.45) is 5.94. The van der Waals surface area contributed by atoms with Crippen LogP contribution in [0.2, 0.25) is 0 Å². The lowest BCUT2D eigenvalue weighted by molar-refractivity contribution is 0.601. The highest BCUT2D eigenvalue weighted by Crippen LogP contribution is 2.10. The maximum atomic E-state index is 11.6. The van der Waals surface area contributed by atoms with Gasteiger partial charge in [-0.05, 0) is 6.07 Å². The number of aromatic amines is 2. The second-order valence-electron chi connectivity index (χ2n) is 2.59. The van der Waals surface area contributed by atoms with E-state index in [2.05, 4.69) is 19.7 Å². The Morgan fingerprint density at radius 1 is 1.36 bits per heavy atom. The van der Waals surface area contributed by atoms with Crippen LogP contribution in [0.3, 0.4) is 0 Å². The summed E-state index contributed by atoms with van der Waals surface area (Å²) in [4.78, 5) is 9.24. The lowest BCUT2D eigenvalue weighted by atomic mass is 10.7. The Kier molecular flexibility index (Phi) is 2.01. The van der Waals surface area contributed by atoms with Gasteiger partial charge in [0.15, 0.2) is 0 Å². The van der Waals surface area contributed by atoms with Crippen molar-refractivity contribution in [3.05, 3.63) is 30.9 Å². The average Bonchev–Trinajstić information content (AvgIpc) is 2.71. The molecule has 0 saturated carbocycles. The molecule has 0 bridgehead atoms. The monoisotopic (exact) mass is 212 g/mol. The van der Waals surface area contributed by atoms with Crippen molar-refractivity contribution in [2.75, 3.05) is 4.72 Å². The number of imidazole rings is 1. The van der Waals surface area contributed by atoms with Gasteiger partial charge in [-0.2, -0.15) is 0 Å². The lowest BCUT2D eigenvalue weighted by Crippen LogP contribution is -2.13. The SMILES string of the molecule is O=S(=O)(Nc1ncc[nH]1)c1cc[nH]c1. The van der Waals surface area contributed by atoms with Crippen molar-refractivity contribution in [3.63, 3.8) is 0 Å². The summed E-state index contributed by atoms with van der Waals surface area (Å²) in [5, 5.41) is 0. The number of sulfonamides is 1. The first kappa shape index (κ1) is 8.82. The molecule has 14 heavy (non-hydrogen) atoms. The molecule has 7 heteroatoms. The topological polar surface area (TPSA) is 90.6 Å². The fourth-order valence-electron chi connectivity index (χ4n) is 0.983. The van der Waals surface area contributed by atoms with Gasteiger partial charge in [-0.3, -0.25) is 0 Å². The van der Waals surface area contributed by atoms with E-state index in [0.29, 0.717) is 0 Å². The highest BCUT2D eigenvalue weighted by Gasteiger charge is 2.14. The molecular weight excluding hydrogens is 204 g/mol. The van der Waals surface area contributed by atoms with E-state index in [4.69, 9.17) is 0 Å². The number of rotatable bonds is 3. The predicted molar refractivity (Wildman–Crippen MR) is 50.2 cm³/mol. The molecule has 0 aliphatic carbocycles. The highest BCUT2D eigenvalue weighted by atomic mass is 32.2. The minimum atomic E-state index is -3.51. The van der Waals surface area contributed by atoms with Crippen molar-refractivity contribution in [2.45, 2.75) is 4.90 Å². The van der Waals surface area contributed by atoms with E-state index in [9.17, 15) is 8.42 Å². The van der Waals surface area contributed by atoms with E-state index in [1.54, 1.807) is 0 Å². The third kappa shape index (κ3) is 1.62. The smallest absolute Gasteiger partial charge is 0.265 e. The number of nitrogens with one attached hydrogen (secondary N) is 3. The van der Waals surface area contributed by atoms with Crippen LogP contribution in [0.15, 0.2) is 35.7 Å². The largest absolute Gasteiger partial charge is 0.366 e. The van der Waals surface area contributed by atoms with Crippen LogP contribution in [-0.4, -0.2) is 23.4 Å². The fourth-order valence-corrected chi connectivity index (χ4v) is 1.94. The van der Waals surface area contributed by atoms with Gasteiger partial charge in [0.2, 0.25) is 5.95 Å². The summed E-state index contributed by atoms with van der Waals surface area (Å²) in [5.74, 6) is 0.200. The molecule has 74 valence electrons. The summed E-state index contributed by atoms with van der Waals surface area (Å²) in [6.45, 7) is 0. The first-order valence-electron chi connectivity index (χ1n) is 3.83. The summed E-state index contributed by atoms with van der Waals surface area (Å²) in [6, 6.07) is 1.46. The maximum absolute atomic E-state index is 11.6. The van der Waals surface area contributed by atoms with Crippen LogP contribution in [0.5, 0.6) is 0 Å². The molecule has 3 N–H and O–H groups in total. The van der Waals surface area contributed by atoms with Crippen molar-refractivity contribution in [1.29, 1.82) is 0 Å². The molecule has 0 atom stereocenters. The van der Waals surface area contributed by atoms with E-state index >= 15 is 0 Å². The first-order chi connectivity index (χ1) is 6.68. The lowest BCUT2D eigenvalue weighted by Gasteiger charge is -2.01. The van der Waals surface area contributed by atoms with Gasteiger partial charge in [0.05, 0.1) is 0 Å². The Morgan fingerprint density at radius 2 is 2.21 bits per heavy atom. The van der Waals surface area contributed by atoms with E-state index in [1.807, 2.05) is 0 Å². The van der Waals surface area contributed by atoms with E-state index in [1.165, 1.54) is 30.9 Å². The van der Waals surface area contributed by atoms with E-state index < -0.39 is 10.0 Å². The zero-order chi connectivity index (χ0) is 10.0. The van der Waals surface area contributed by atoms with Gasteiger partial charge in [-0.15, -0.1) is 0 Å². The van der Waals surface area contributed by atoms with Gasteiger partial charge in [0, 0.05) is 24.8 Å². The molecule has 2 aromatic heterocycles. The molecule has 0 fully saturated rings. The normalized spacial score (nSPS) is 11.4. The van der Waals surface area contributed by atoms with Gasteiger partial charge in [-0.1, -0.05) is 0 Å². The van der Waals surface area contributed by atoms with Crippen LogP contribution < -0.4 is 4.72 Å². The Morgan fingerprint density at radius 3 is 2.79 bits per heavy atom. The average molecular weight is 212 g/mol. The van der Waals surface area contributed by atoms with Gasteiger partial charge in [-0.25, -0.2) is 18.1 Å². The molecule has 0 aromatic carbocycles. The Balaban J connectivity index is 2.27. The van der Waals surface area contributed by atoms with Gasteiger partial charge in [0.25, 0.3) is 10.0 Å². The van der Waals surface area contributed by atoms with Crippen molar-refractivity contribution in [3.8, 4) is 0 Å². The van der Waals surface area contributed by atoms with Gasteiger partial charge in [0.1, 0.15) is 4.90 Å². The molecule has 0 spiro atoms. The minimum absolute atomic E-state index is 0.175. The molecule has 0 aliphatic rings. The summed E-state index contributed by atoms with van der Waals surface area (Å²) in [5.41, 5.74) is 0. The molecule has 2 heterocycles. The third-order valence-corrected chi connectivity index (χ3v) is 2.95. The third-order valence-electron chi connectivity index (χ3n) is 1.61. The number of hydrogen-bond acceptors (Lipinski definition) is 3. The number of aromatic nitrogens is 3. The molecule has 2 rings (SSSR count). The Bertz CT molecular complexity index is 486. The second kappa shape index (κ2) is 3.18. The molecule has 0 radical (unpaired) electrons. The van der Waals surface area contributed by atoms with Crippen molar-refractivity contribution >= 4 is 16.0 Å². The van der Waals surface area contributed by atoms with E-state index in [0.717, 1.165) is 0 Å². The highest BCUT2D eigenvalue weighted by molar-refractivity contribution is 7.92. The predicted octanol–water partition coefficient (Wildman–Crippen LogP) is 0.539. The number of anilines is 1. The van der Waals surface area contributed by atoms with Crippen molar-refractivity contribution < 1.29 is 8.42 Å². The Hall–Kier alpha value is -1.76. The number of H-pyrrole nitrogens is 2. The summed E-state index contributed by atoms with van der Waals surface area (Å²) in [7, 11) is -3.51. The van der Waals surface area contributed by atoms with Crippen LogP contribution in [-0.2, 0) is 10.0 Å². The number of nitrogens with zero attached hydrogens (tertiary/aromatic N) is 1. The standard InChI is InChI=1S/C7H8N4O2S/c12-14(13,6-1-2-8-5-6)11-7-9-3-4-10-7/h1-5,8H,(H2,9,10,11). The second-order valence-corrected chi connectivity index (χ2v) is 4.27. The maximum Gasteiger partial charge on any atom is 0.265 e. The molecule has 0 saturated heterocycles. The quantitative estimate of drug-likeness (QED) is 0.693. The molecule has 0 unspecified atom stereocenters. The van der Waals surface area contributed by atoms with Crippen molar-refractivity contribution in [1.82, 2.24) is 15.0 Å². The number of hydrogen-bond donors (Lipinski definition) is 3. The zero-order valence-corrected chi connectivity index (χ0v) is 7.88. The van der Waals surface area contributed by atoms with Crippen LogP contribution in [0, 0.1) is 0 Å². The first-order valence-corrected chi connectivity index (χ1v) is 5.32. The molecule has 0 aliphatic heterocycles. The minimum Gasteiger partial charge on any atom is -0.366 e. The van der Waals surface area contributed by atoms with Gasteiger partial charge >= 0.3 is 0 Å². The van der Waals surface area contributed by atoms with E-state index in [-0.39, 0.29) is 10.8 Å². The fraction of sp³-hybridized carbons (Fsp3) is 0. The van der Waals surface area contributed by atoms with Crippen molar-refractivity contribution in [2.24, 2.45) is 0 Å². The molecule has 2 aromatic rings. The van der Waals surface area contributed by atoms with Crippen LogP contribution in [0.1, 0.15) is 0 Å². The molecule has 6 nitrogen and oxygen atoms in total. The van der Waals surface area contributed by atoms with Crippen LogP contribution >= 0.6 is 0 Å². The summed E-state index contributed by atoms with van der Waals surface area (Å²) >= 11 is 0. The van der Waals surface area contributed by atoms with Crippen LogP contribution in [0.25, 0.3) is 0 Å². The Labute approximate surface area is 80.4 Å². The summed E-state index contributed by atoms with van der Waals surface area (Å²) < 4.78 is 25.4.